The van der Waals surface area contributed by atoms with Gasteiger partial charge in [0.1, 0.15) is 5.82 Å². The van der Waals surface area contributed by atoms with E-state index >= 15 is 0 Å². The molecule has 1 fully saturated rings. The molecule has 0 spiro atoms. The van der Waals surface area contributed by atoms with Crippen molar-refractivity contribution < 1.29 is 9.90 Å². The number of carbonyl (C=O) groups is 1. The number of aromatic carboxylic acids is 1. The van der Waals surface area contributed by atoms with Crippen molar-refractivity contribution in [1.82, 2.24) is 9.97 Å². The zero-order chi connectivity index (χ0) is 14.7. The van der Waals surface area contributed by atoms with E-state index in [4.69, 9.17) is 5.11 Å². The molecular formula is C14H15N3O2S2. The van der Waals surface area contributed by atoms with Crippen LogP contribution in [0.15, 0.2) is 24.3 Å². The Bertz CT molecular complexity index is 660. The van der Waals surface area contributed by atoms with E-state index in [-0.39, 0.29) is 5.82 Å². The third kappa shape index (κ3) is 3.41. The SMILES string of the molecule is O=C(O)c1nc(NCC2CSCCS2)c2ccccc2n1. The Hall–Kier alpha value is -1.47. The van der Waals surface area contributed by atoms with E-state index in [0.29, 0.717) is 16.6 Å². The van der Waals surface area contributed by atoms with Crippen LogP contribution in [0, 0.1) is 0 Å². The van der Waals surface area contributed by atoms with Gasteiger partial charge in [0.05, 0.1) is 5.52 Å². The number of para-hydroxylation sites is 1. The van der Waals surface area contributed by atoms with Gasteiger partial charge in [0.25, 0.3) is 0 Å². The number of fused-ring (bicyclic) bond motifs is 1. The number of anilines is 1. The molecule has 1 aromatic carbocycles. The fraction of sp³-hybridized carbons (Fsp3) is 0.357. The Kier molecular flexibility index (Phi) is 4.50. The summed E-state index contributed by atoms with van der Waals surface area (Å²) in [5, 5.41) is 13.8. The van der Waals surface area contributed by atoms with Crippen molar-refractivity contribution in [2.75, 3.05) is 29.1 Å². The van der Waals surface area contributed by atoms with Gasteiger partial charge in [0.15, 0.2) is 0 Å². The highest BCUT2D eigenvalue weighted by Gasteiger charge is 2.16. The van der Waals surface area contributed by atoms with Crippen LogP contribution in [-0.4, -0.2) is 50.1 Å². The molecule has 0 amide bonds. The first-order valence-corrected chi connectivity index (χ1v) is 8.87. The first-order chi connectivity index (χ1) is 10.2. The molecule has 1 aromatic heterocycles. The van der Waals surface area contributed by atoms with Gasteiger partial charge in [-0.15, -0.1) is 0 Å². The molecule has 1 aliphatic rings. The maximum absolute atomic E-state index is 11.1. The second-order valence-electron chi connectivity index (χ2n) is 4.67. The number of carboxylic acid groups (broad SMARTS) is 1. The summed E-state index contributed by atoms with van der Waals surface area (Å²) in [5.41, 5.74) is 0.651. The number of thioether (sulfide) groups is 2. The molecule has 21 heavy (non-hydrogen) atoms. The van der Waals surface area contributed by atoms with Crippen LogP contribution in [0.25, 0.3) is 10.9 Å². The predicted molar refractivity (Wildman–Crippen MR) is 88.6 cm³/mol. The van der Waals surface area contributed by atoms with E-state index in [0.717, 1.165) is 17.7 Å². The van der Waals surface area contributed by atoms with Crippen molar-refractivity contribution in [3.63, 3.8) is 0 Å². The van der Waals surface area contributed by atoms with Gasteiger partial charge in [0, 0.05) is 34.4 Å². The van der Waals surface area contributed by atoms with Gasteiger partial charge in [-0.25, -0.2) is 14.8 Å². The van der Waals surface area contributed by atoms with Gasteiger partial charge in [-0.1, -0.05) is 12.1 Å². The lowest BCUT2D eigenvalue weighted by Gasteiger charge is -2.21. The number of carboxylic acids is 1. The van der Waals surface area contributed by atoms with E-state index in [1.807, 2.05) is 41.7 Å². The van der Waals surface area contributed by atoms with E-state index in [9.17, 15) is 4.79 Å². The summed E-state index contributed by atoms with van der Waals surface area (Å²) in [5.74, 6) is 2.83. The van der Waals surface area contributed by atoms with Gasteiger partial charge in [0.2, 0.25) is 5.82 Å². The molecule has 1 aliphatic heterocycles. The summed E-state index contributed by atoms with van der Waals surface area (Å²) in [7, 11) is 0. The lowest BCUT2D eigenvalue weighted by molar-refractivity contribution is 0.0684. The topological polar surface area (TPSA) is 75.1 Å². The molecule has 5 nitrogen and oxygen atoms in total. The number of aromatic nitrogens is 2. The standard InChI is InChI=1S/C14H15N3O2S2/c18-14(19)13-16-11-4-2-1-3-10(11)12(17-13)15-7-9-8-20-5-6-21-9/h1-4,9H,5-8H2,(H,18,19)(H,15,16,17). The van der Waals surface area contributed by atoms with Crippen LogP contribution in [0.2, 0.25) is 0 Å². The monoisotopic (exact) mass is 321 g/mol. The van der Waals surface area contributed by atoms with Crippen molar-refractivity contribution in [3.8, 4) is 0 Å². The molecule has 7 heteroatoms. The van der Waals surface area contributed by atoms with Crippen molar-refractivity contribution in [3.05, 3.63) is 30.1 Å². The molecule has 110 valence electrons. The number of nitrogens with one attached hydrogen (secondary N) is 1. The molecule has 2 heterocycles. The lowest BCUT2D eigenvalue weighted by Crippen LogP contribution is -2.24. The van der Waals surface area contributed by atoms with Crippen molar-refractivity contribution >= 4 is 46.2 Å². The van der Waals surface area contributed by atoms with E-state index in [1.165, 1.54) is 11.5 Å². The molecule has 0 bridgehead atoms. The number of rotatable bonds is 4. The quantitative estimate of drug-likeness (QED) is 0.896. The Morgan fingerprint density at radius 2 is 2.19 bits per heavy atom. The largest absolute Gasteiger partial charge is 0.475 e. The maximum Gasteiger partial charge on any atom is 0.374 e. The smallest absolute Gasteiger partial charge is 0.374 e. The summed E-state index contributed by atoms with van der Waals surface area (Å²) in [6, 6.07) is 7.47. The average Bonchev–Trinajstić information content (AvgIpc) is 2.53. The van der Waals surface area contributed by atoms with Crippen LogP contribution >= 0.6 is 23.5 Å². The average molecular weight is 321 g/mol. The molecule has 2 aromatic rings. The molecular weight excluding hydrogens is 306 g/mol. The number of benzene rings is 1. The van der Waals surface area contributed by atoms with Crippen LogP contribution in [0.5, 0.6) is 0 Å². The fourth-order valence-electron chi connectivity index (χ4n) is 2.17. The fourth-order valence-corrected chi connectivity index (χ4v) is 4.78. The second-order valence-corrected chi connectivity index (χ2v) is 7.22. The Balaban J connectivity index is 1.86. The van der Waals surface area contributed by atoms with Gasteiger partial charge in [-0.05, 0) is 12.1 Å². The molecule has 0 radical (unpaired) electrons. The molecule has 2 N–H and O–H groups in total. The van der Waals surface area contributed by atoms with Crippen LogP contribution < -0.4 is 5.32 Å². The number of hydrogen-bond donors (Lipinski definition) is 2. The Morgan fingerprint density at radius 3 is 2.95 bits per heavy atom. The summed E-state index contributed by atoms with van der Waals surface area (Å²) in [4.78, 5) is 19.4. The minimum atomic E-state index is -1.11. The maximum atomic E-state index is 11.1. The second kappa shape index (κ2) is 6.53. The first kappa shape index (κ1) is 14.5. The first-order valence-electron chi connectivity index (χ1n) is 6.67. The molecule has 1 saturated heterocycles. The minimum Gasteiger partial charge on any atom is -0.475 e. The Morgan fingerprint density at radius 1 is 1.33 bits per heavy atom. The van der Waals surface area contributed by atoms with Crippen molar-refractivity contribution in [2.45, 2.75) is 5.25 Å². The van der Waals surface area contributed by atoms with Crippen molar-refractivity contribution in [2.24, 2.45) is 0 Å². The lowest BCUT2D eigenvalue weighted by atomic mass is 10.2. The zero-order valence-electron chi connectivity index (χ0n) is 11.3. The Labute approximate surface area is 130 Å². The third-order valence-corrected chi connectivity index (χ3v) is 6.02. The summed E-state index contributed by atoms with van der Waals surface area (Å²) in [6.45, 7) is 0.789. The number of nitrogens with zero attached hydrogens (tertiary/aromatic N) is 2. The summed E-state index contributed by atoms with van der Waals surface area (Å²) in [6.07, 6.45) is 0. The van der Waals surface area contributed by atoms with Gasteiger partial charge >= 0.3 is 5.97 Å². The van der Waals surface area contributed by atoms with Crippen LogP contribution in [0.4, 0.5) is 5.82 Å². The van der Waals surface area contributed by atoms with Gasteiger partial charge in [-0.2, -0.15) is 23.5 Å². The molecule has 1 atom stereocenters. The molecule has 3 rings (SSSR count). The highest BCUT2D eigenvalue weighted by atomic mass is 32.2. The van der Waals surface area contributed by atoms with E-state index in [1.54, 1.807) is 6.07 Å². The molecule has 1 unspecified atom stereocenters. The summed E-state index contributed by atoms with van der Waals surface area (Å²) < 4.78 is 0. The van der Waals surface area contributed by atoms with Crippen LogP contribution in [0.3, 0.4) is 0 Å². The predicted octanol–water partition coefficient (Wildman–Crippen LogP) is 2.59. The normalized spacial score (nSPS) is 18.6. The highest BCUT2D eigenvalue weighted by molar-refractivity contribution is 8.06. The van der Waals surface area contributed by atoms with Crippen LogP contribution in [0.1, 0.15) is 10.6 Å². The van der Waals surface area contributed by atoms with Gasteiger partial charge < -0.3 is 10.4 Å². The van der Waals surface area contributed by atoms with E-state index < -0.39 is 5.97 Å². The summed E-state index contributed by atoms with van der Waals surface area (Å²) >= 11 is 3.92. The highest BCUT2D eigenvalue weighted by Crippen LogP contribution is 2.25. The number of hydrogen-bond acceptors (Lipinski definition) is 6. The molecule has 0 aliphatic carbocycles. The van der Waals surface area contributed by atoms with Gasteiger partial charge in [-0.3, -0.25) is 0 Å². The molecule has 0 saturated carbocycles. The van der Waals surface area contributed by atoms with Crippen molar-refractivity contribution in [1.29, 1.82) is 0 Å². The van der Waals surface area contributed by atoms with E-state index in [2.05, 4.69) is 15.3 Å². The minimum absolute atomic E-state index is 0.165. The zero-order valence-corrected chi connectivity index (χ0v) is 12.9. The third-order valence-electron chi connectivity index (χ3n) is 3.18. The van der Waals surface area contributed by atoms with Crippen LogP contribution in [-0.2, 0) is 0 Å².